The second kappa shape index (κ2) is 8.55. The molecule has 0 atom stereocenters. The molecule has 0 aliphatic rings. The summed E-state index contributed by atoms with van der Waals surface area (Å²) in [7, 11) is -1.25. The molecule has 0 aliphatic heterocycles. The minimum atomic E-state index is -4.20. The summed E-state index contributed by atoms with van der Waals surface area (Å²) in [6.07, 6.45) is 0. The number of halogens is 1. The van der Waals surface area contributed by atoms with Crippen molar-refractivity contribution in [2.24, 2.45) is 0 Å². The molecule has 0 fully saturated rings. The lowest BCUT2D eigenvalue weighted by Gasteiger charge is -2.23. The van der Waals surface area contributed by atoms with Crippen molar-refractivity contribution in [3.63, 3.8) is 0 Å². The molecule has 1 amide bonds. The van der Waals surface area contributed by atoms with E-state index in [0.717, 1.165) is 4.31 Å². The highest BCUT2D eigenvalue weighted by Gasteiger charge is 2.32. The molecular weight excluding hydrogens is 414 g/mol. The average Bonchev–Trinajstić information content (AvgIpc) is 2.74. The van der Waals surface area contributed by atoms with E-state index in [1.54, 1.807) is 30.3 Å². The predicted octanol–water partition coefficient (Wildman–Crippen LogP) is 4.39. The molecule has 0 unspecified atom stereocenters. The number of ether oxygens (including phenoxy) is 2. The fraction of sp³-hybridized carbons (Fsp3) is 0.0952. The normalized spacial score (nSPS) is 11.0. The monoisotopic (exact) mass is 431 g/mol. The van der Waals surface area contributed by atoms with Crippen LogP contribution in [0.5, 0.6) is 11.5 Å². The van der Waals surface area contributed by atoms with Gasteiger partial charge in [-0.25, -0.2) is 8.42 Å². The van der Waals surface area contributed by atoms with E-state index >= 15 is 0 Å². The van der Waals surface area contributed by atoms with Crippen LogP contribution in [0, 0.1) is 0 Å². The zero-order chi connectivity index (χ0) is 21.0. The third-order valence-corrected chi connectivity index (χ3v) is 6.19. The van der Waals surface area contributed by atoms with Crippen molar-refractivity contribution in [1.29, 1.82) is 0 Å². The first kappa shape index (κ1) is 20.7. The number of hydrogen-bond acceptors (Lipinski definition) is 5. The van der Waals surface area contributed by atoms with E-state index in [4.69, 9.17) is 21.1 Å². The Morgan fingerprint density at radius 2 is 1.55 bits per heavy atom. The van der Waals surface area contributed by atoms with Gasteiger partial charge in [0, 0.05) is 5.56 Å². The Hall–Kier alpha value is -3.03. The van der Waals surface area contributed by atoms with Gasteiger partial charge in [-0.1, -0.05) is 29.8 Å². The summed E-state index contributed by atoms with van der Waals surface area (Å²) in [6.45, 7) is 0. The van der Waals surface area contributed by atoms with Gasteiger partial charge in [-0.3, -0.25) is 4.79 Å². The van der Waals surface area contributed by atoms with Gasteiger partial charge in [0.2, 0.25) is 0 Å². The van der Waals surface area contributed by atoms with Gasteiger partial charge in [0.1, 0.15) is 11.5 Å². The van der Waals surface area contributed by atoms with Crippen molar-refractivity contribution in [2.45, 2.75) is 4.90 Å². The minimum absolute atomic E-state index is 0.0196. The van der Waals surface area contributed by atoms with Crippen LogP contribution in [0.2, 0.25) is 5.02 Å². The highest BCUT2D eigenvalue weighted by atomic mass is 35.5. The van der Waals surface area contributed by atoms with Crippen molar-refractivity contribution in [1.82, 2.24) is 0 Å². The molecule has 0 aromatic heterocycles. The summed E-state index contributed by atoms with van der Waals surface area (Å²) in [6, 6.07) is 18.2. The lowest BCUT2D eigenvalue weighted by molar-refractivity contribution is 0.101. The lowest BCUT2D eigenvalue weighted by Crippen LogP contribution is -2.37. The molecule has 150 valence electrons. The molecule has 3 aromatic carbocycles. The van der Waals surface area contributed by atoms with Crippen LogP contribution in [0.3, 0.4) is 0 Å². The number of methoxy groups -OCH3 is 2. The number of benzene rings is 3. The third kappa shape index (κ3) is 4.21. The maximum absolute atomic E-state index is 13.3. The third-order valence-electron chi connectivity index (χ3n) is 4.17. The summed E-state index contributed by atoms with van der Waals surface area (Å²) >= 11 is 6.19. The van der Waals surface area contributed by atoms with E-state index < -0.39 is 15.9 Å². The van der Waals surface area contributed by atoms with Crippen LogP contribution in [0.4, 0.5) is 5.69 Å². The topological polar surface area (TPSA) is 72.9 Å². The number of carbonyl (C=O) groups is 1. The number of amides is 1. The lowest BCUT2D eigenvalue weighted by atomic mass is 10.2. The average molecular weight is 432 g/mol. The smallest absolute Gasteiger partial charge is 0.272 e. The van der Waals surface area contributed by atoms with Gasteiger partial charge in [-0.2, -0.15) is 4.31 Å². The van der Waals surface area contributed by atoms with E-state index in [9.17, 15) is 13.2 Å². The first-order valence-corrected chi connectivity index (χ1v) is 10.3. The molecule has 0 heterocycles. The zero-order valence-electron chi connectivity index (χ0n) is 15.7. The van der Waals surface area contributed by atoms with Gasteiger partial charge in [-0.05, 0) is 54.6 Å². The molecule has 8 heteroatoms. The van der Waals surface area contributed by atoms with E-state index in [0.29, 0.717) is 11.5 Å². The molecule has 0 radical (unpaired) electrons. The molecule has 0 saturated carbocycles. The largest absolute Gasteiger partial charge is 0.497 e. The van der Waals surface area contributed by atoms with Gasteiger partial charge in [0.25, 0.3) is 15.9 Å². The molecule has 0 N–H and O–H groups in total. The molecule has 3 rings (SSSR count). The Morgan fingerprint density at radius 3 is 2.10 bits per heavy atom. The van der Waals surface area contributed by atoms with Crippen molar-refractivity contribution in [3.05, 3.63) is 83.4 Å². The first-order chi connectivity index (χ1) is 13.9. The Balaban J connectivity index is 2.15. The summed E-state index contributed by atoms with van der Waals surface area (Å²) in [5, 5.41) is 0.181. The number of carbonyl (C=O) groups excluding carboxylic acids is 1. The van der Waals surface area contributed by atoms with Crippen LogP contribution in [-0.2, 0) is 10.0 Å². The maximum Gasteiger partial charge on any atom is 0.272 e. The maximum atomic E-state index is 13.3. The van der Waals surface area contributed by atoms with Gasteiger partial charge in [-0.15, -0.1) is 0 Å². The van der Waals surface area contributed by atoms with Gasteiger partial charge >= 0.3 is 0 Å². The van der Waals surface area contributed by atoms with Gasteiger partial charge in [0.15, 0.2) is 0 Å². The van der Waals surface area contributed by atoms with E-state index in [1.165, 1.54) is 56.7 Å². The molecule has 0 aliphatic carbocycles. The SMILES string of the molecule is COc1ccc(C(=O)N(c2ccc(OC)c(Cl)c2)S(=O)(=O)c2ccccc2)cc1. The number of anilines is 1. The van der Waals surface area contributed by atoms with Crippen LogP contribution in [0.25, 0.3) is 0 Å². The summed E-state index contributed by atoms with van der Waals surface area (Å²) < 4.78 is 37.6. The molecule has 0 saturated heterocycles. The molecule has 29 heavy (non-hydrogen) atoms. The fourth-order valence-electron chi connectivity index (χ4n) is 2.70. The zero-order valence-corrected chi connectivity index (χ0v) is 17.3. The quantitative estimate of drug-likeness (QED) is 0.578. The van der Waals surface area contributed by atoms with E-state index in [2.05, 4.69) is 0 Å². The fourth-order valence-corrected chi connectivity index (χ4v) is 4.37. The van der Waals surface area contributed by atoms with Crippen LogP contribution in [0.15, 0.2) is 77.7 Å². The molecular formula is C21H18ClNO5S. The number of hydrogen-bond donors (Lipinski definition) is 0. The first-order valence-electron chi connectivity index (χ1n) is 8.51. The second-order valence-corrected chi connectivity index (χ2v) is 8.13. The van der Waals surface area contributed by atoms with E-state index in [-0.39, 0.29) is 21.2 Å². The minimum Gasteiger partial charge on any atom is -0.497 e. The van der Waals surface area contributed by atoms with Crippen LogP contribution < -0.4 is 13.8 Å². The van der Waals surface area contributed by atoms with Crippen molar-refractivity contribution in [3.8, 4) is 11.5 Å². The molecule has 6 nitrogen and oxygen atoms in total. The van der Waals surface area contributed by atoms with Crippen LogP contribution in [0.1, 0.15) is 10.4 Å². The molecule has 3 aromatic rings. The highest BCUT2D eigenvalue weighted by molar-refractivity contribution is 7.93. The molecule has 0 spiro atoms. The van der Waals surface area contributed by atoms with Gasteiger partial charge in [0.05, 0.1) is 29.8 Å². The Labute approximate surface area is 174 Å². The summed E-state index contributed by atoms with van der Waals surface area (Å²) in [5.74, 6) is 0.189. The van der Waals surface area contributed by atoms with Crippen molar-refractivity contribution < 1.29 is 22.7 Å². The Bertz CT molecular complexity index is 1120. The van der Waals surface area contributed by atoms with Crippen LogP contribution >= 0.6 is 11.6 Å². The van der Waals surface area contributed by atoms with Crippen molar-refractivity contribution >= 4 is 33.2 Å². The second-order valence-electron chi connectivity index (χ2n) is 5.93. The van der Waals surface area contributed by atoms with Crippen molar-refractivity contribution in [2.75, 3.05) is 18.5 Å². The molecule has 0 bridgehead atoms. The Morgan fingerprint density at radius 1 is 0.897 bits per heavy atom. The highest BCUT2D eigenvalue weighted by Crippen LogP contribution is 2.33. The Kier molecular flexibility index (Phi) is 6.10. The summed E-state index contributed by atoms with van der Waals surface area (Å²) in [5.41, 5.74) is 0.276. The number of nitrogens with zero attached hydrogens (tertiary/aromatic N) is 1. The van der Waals surface area contributed by atoms with Crippen LogP contribution in [-0.4, -0.2) is 28.5 Å². The predicted molar refractivity (Wildman–Crippen MR) is 111 cm³/mol. The number of sulfonamides is 1. The summed E-state index contributed by atoms with van der Waals surface area (Å²) in [4.78, 5) is 13.2. The van der Waals surface area contributed by atoms with E-state index in [1.807, 2.05) is 0 Å². The number of rotatable bonds is 6. The van der Waals surface area contributed by atoms with Gasteiger partial charge < -0.3 is 9.47 Å². The standard InChI is InChI=1S/C21H18ClNO5S/c1-27-17-11-8-15(9-12-17)21(24)23(16-10-13-20(28-2)19(22)14-16)29(25,26)18-6-4-3-5-7-18/h3-14H,1-2H3.